The summed E-state index contributed by atoms with van der Waals surface area (Å²) >= 11 is 11.4. The Balaban J connectivity index is 0.000000148. The smallest absolute Gasteiger partial charge is 0.224 e. The second-order valence-electron chi connectivity index (χ2n) is 10.1. The lowest BCUT2D eigenvalue weighted by molar-refractivity contribution is 0.187. The van der Waals surface area contributed by atoms with Crippen molar-refractivity contribution in [2.45, 2.75) is 75.5 Å². The van der Waals surface area contributed by atoms with Gasteiger partial charge in [0.15, 0.2) is 23.3 Å². The van der Waals surface area contributed by atoms with Crippen molar-refractivity contribution >= 4 is 34.8 Å². The molecule has 36 heavy (non-hydrogen) atoms. The average Bonchev–Trinajstić information content (AvgIpc) is 3.53. The highest BCUT2D eigenvalue weighted by Crippen LogP contribution is 2.30. The summed E-state index contributed by atoms with van der Waals surface area (Å²) in [4.78, 5) is 20.1. The lowest BCUT2D eigenvalue weighted by Crippen LogP contribution is -2.43. The van der Waals surface area contributed by atoms with Crippen molar-refractivity contribution in [1.29, 1.82) is 0 Å². The topological polar surface area (TPSA) is 82.1 Å². The highest BCUT2D eigenvalue weighted by atomic mass is 35.5. The molecule has 0 spiro atoms. The van der Waals surface area contributed by atoms with Gasteiger partial charge in [0.2, 0.25) is 10.6 Å². The van der Waals surface area contributed by atoms with Crippen LogP contribution in [0.3, 0.4) is 0 Å². The molecule has 2 aromatic heterocycles. The van der Waals surface area contributed by atoms with E-state index in [0.29, 0.717) is 12.1 Å². The minimum absolute atomic E-state index is 0.0807. The number of nitrogens with one attached hydrogen (secondary N) is 2. The maximum atomic E-state index is 13.5. The van der Waals surface area contributed by atoms with E-state index in [9.17, 15) is 8.78 Å². The molecule has 0 aliphatic carbocycles. The fraction of sp³-hybridized carbons (Fsp3) is 0.667. The zero-order chi connectivity index (χ0) is 25.1. The van der Waals surface area contributed by atoms with E-state index in [1.807, 2.05) is 0 Å². The van der Waals surface area contributed by atoms with Gasteiger partial charge in [-0.15, -0.1) is 0 Å². The van der Waals surface area contributed by atoms with Crippen molar-refractivity contribution in [3.63, 3.8) is 0 Å². The van der Waals surface area contributed by atoms with E-state index in [2.05, 4.69) is 40.4 Å². The van der Waals surface area contributed by atoms with Crippen LogP contribution in [-0.2, 0) is 0 Å². The van der Waals surface area contributed by atoms with Gasteiger partial charge in [0, 0.05) is 37.3 Å². The van der Waals surface area contributed by atoms with Gasteiger partial charge in [0.1, 0.15) is 0 Å². The number of nitrogens with zero attached hydrogens (tertiary/aromatic N) is 6. The molecule has 4 fully saturated rings. The summed E-state index contributed by atoms with van der Waals surface area (Å²) in [6.45, 7) is 4.60. The van der Waals surface area contributed by atoms with Crippen LogP contribution < -0.4 is 10.6 Å². The fourth-order valence-corrected chi connectivity index (χ4v) is 6.26. The molecular weight excluding hydrogens is 509 g/mol. The zero-order valence-electron chi connectivity index (χ0n) is 20.1. The van der Waals surface area contributed by atoms with Crippen LogP contribution in [0.4, 0.5) is 20.4 Å². The molecule has 4 atom stereocenters. The molecule has 4 aliphatic rings. The molecule has 6 heterocycles. The molecule has 6 rings (SSSR count). The minimum atomic E-state index is -0.437. The highest BCUT2D eigenvalue weighted by Gasteiger charge is 2.33. The first kappa shape index (κ1) is 25.8. The Morgan fingerprint density at radius 3 is 1.58 bits per heavy atom. The van der Waals surface area contributed by atoms with Crippen molar-refractivity contribution in [3.05, 3.63) is 34.6 Å². The minimum Gasteiger partial charge on any atom is -0.365 e. The first-order valence-electron chi connectivity index (χ1n) is 12.8. The van der Waals surface area contributed by atoms with Gasteiger partial charge < -0.3 is 20.4 Å². The SMILES string of the molecule is Fc1cnc(Cl)nc1N[C@@H]1CCN2CCC[C@H]2C1.Fc1cnc(Cl)nc1N[C@H]1CCN2CCC[C@H]2C1. The standard InChI is InChI=1S/2C12H16ClFN4/c2*13-12-15-7-10(14)11(17-12)16-8-3-5-18-4-1-2-9(18)6-8/h2*7-9H,1-6H2,(H,15,16,17)/t8-,9+;8-,9-/m10/s1. The van der Waals surface area contributed by atoms with Gasteiger partial charge in [-0.05, 0) is 87.7 Å². The summed E-state index contributed by atoms with van der Waals surface area (Å²) in [5.74, 6) is -0.417. The third kappa shape index (κ3) is 6.33. The van der Waals surface area contributed by atoms with Crippen LogP contribution >= 0.6 is 23.2 Å². The van der Waals surface area contributed by atoms with Gasteiger partial charge in [-0.1, -0.05) is 0 Å². The van der Waals surface area contributed by atoms with Gasteiger partial charge in [0.05, 0.1) is 12.4 Å². The number of fused-ring (bicyclic) bond motifs is 2. The molecule has 2 aromatic rings. The molecule has 0 unspecified atom stereocenters. The van der Waals surface area contributed by atoms with Gasteiger partial charge >= 0.3 is 0 Å². The number of anilines is 2. The van der Waals surface area contributed by atoms with Crippen LogP contribution in [0.25, 0.3) is 0 Å². The number of aromatic nitrogens is 4. The van der Waals surface area contributed by atoms with Gasteiger partial charge in [-0.3, -0.25) is 0 Å². The van der Waals surface area contributed by atoms with E-state index < -0.39 is 11.6 Å². The Morgan fingerprint density at radius 2 is 1.14 bits per heavy atom. The molecule has 0 bridgehead atoms. The Kier molecular flexibility index (Phi) is 8.35. The maximum absolute atomic E-state index is 13.5. The van der Waals surface area contributed by atoms with E-state index in [4.69, 9.17) is 23.2 Å². The van der Waals surface area contributed by atoms with Gasteiger partial charge in [0.25, 0.3) is 0 Å². The molecule has 196 valence electrons. The van der Waals surface area contributed by atoms with Crippen molar-refractivity contribution in [2.24, 2.45) is 0 Å². The molecular formula is C24H32Cl2F2N8. The third-order valence-electron chi connectivity index (χ3n) is 7.75. The summed E-state index contributed by atoms with van der Waals surface area (Å²) in [5, 5.41) is 6.49. The summed E-state index contributed by atoms with van der Waals surface area (Å²) in [7, 11) is 0. The Labute approximate surface area is 220 Å². The van der Waals surface area contributed by atoms with E-state index >= 15 is 0 Å². The van der Waals surface area contributed by atoms with Crippen LogP contribution in [0.15, 0.2) is 12.4 Å². The monoisotopic (exact) mass is 540 g/mol. The predicted molar refractivity (Wildman–Crippen MR) is 136 cm³/mol. The first-order chi connectivity index (χ1) is 17.4. The van der Waals surface area contributed by atoms with Crippen LogP contribution in [0.1, 0.15) is 51.4 Å². The molecule has 0 radical (unpaired) electrons. The molecule has 8 nitrogen and oxygen atoms in total. The lowest BCUT2D eigenvalue weighted by Gasteiger charge is -2.35. The lowest BCUT2D eigenvalue weighted by atomic mass is 9.97. The molecule has 12 heteroatoms. The Hall–Kier alpha value is -1.88. The van der Waals surface area contributed by atoms with Crippen LogP contribution in [0.2, 0.25) is 10.6 Å². The second kappa shape index (κ2) is 11.7. The van der Waals surface area contributed by atoms with Crippen LogP contribution in [-0.4, -0.2) is 80.1 Å². The summed E-state index contributed by atoms with van der Waals surface area (Å²) in [5.41, 5.74) is 0. The van der Waals surface area contributed by atoms with Gasteiger partial charge in [-0.2, -0.15) is 9.97 Å². The highest BCUT2D eigenvalue weighted by molar-refractivity contribution is 6.28. The van der Waals surface area contributed by atoms with E-state index in [0.717, 1.165) is 51.2 Å². The van der Waals surface area contributed by atoms with Crippen molar-refractivity contribution in [1.82, 2.24) is 29.7 Å². The Morgan fingerprint density at radius 1 is 0.694 bits per heavy atom. The number of rotatable bonds is 4. The van der Waals surface area contributed by atoms with Crippen molar-refractivity contribution in [3.8, 4) is 0 Å². The average molecular weight is 541 g/mol. The van der Waals surface area contributed by atoms with Crippen LogP contribution in [0.5, 0.6) is 0 Å². The van der Waals surface area contributed by atoms with Gasteiger partial charge in [-0.25, -0.2) is 18.7 Å². The number of hydrogen-bond acceptors (Lipinski definition) is 8. The second-order valence-corrected chi connectivity index (χ2v) is 10.7. The molecule has 2 N–H and O–H groups in total. The van der Waals surface area contributed by atoms with Crippen LogP contribution in [0, 0.1) is 11.6 Å². The quantitative estimate of drug-likeness (QED) is 0.543. The molecule has 0 aromatic carbocycles. The first-order valence-corrected chi connectivity index (χ1v) is 13.6. The molecule has 4 aliphatic heterocycles. The van der Waals surface area contributed by atoms with Crippen molar-refractivity contribution in [2.75, 3.05) is 36.8 Å². The summed E-state index contributed by atoms with van der Waals surface area (Å²) in [6.07, 6.45) is 11.5. The Bertz CT molecular complexity index is 966. The maximum Gasteiger partial charge on any atom is 0.224 e. The molecule has 0 saturated carbocycles. The molecule has 0 amide bonds. The third-order valence-corrected chi connectivity index (χ3v) is 8.12. The van der Waals surface area contributed by atoms with E-state index in [-0.39, 0.29) is 34.3 Å². The largest absolute Gasteiger partial charge is 0.365 e. The number of hydrogen-bond donors (Lipinski definition) is 2. The van der Waals surface area contributed by atoms with Crippen molar-refractivity contribution < 1.29 is 8.78 Å². The summed E-state index contributed by atoms with van der Waals surface area (Å²) in [6, 6.07) is 1.86. The fourth-order valence-electron chi connectivity index (χ4n) is 5.99. The number of piperidine rings is 2. The zero-order valence-corrected chi connectivity index (χ0v) is 21.7. The normalized spacial score (nSPS) is 28.1. The molecule has 4 saturated heterocycles. The predicted octanol–water partition coefficient (Wildman–Crippen LogP) is 4.62. The van der Waals surface area contributed by atoms with E-state index in [1.54, 1.807) is 0 Å². The number of halogens is 4. The summed E-state index contributed by atoms with van der Waals surface area (Å²) < 4.78 is 27.1. The van der Waals surface area contributed by atoms with E-state index in [1.165, 1.54) is 38.8 Å².